The van der Waals surface area contributed by atoms with E-state index >= 15 is 0 Å². The molecular weight excluding hydrogens is 290 g/mol. The Kier molecular flexibility index (Phi) is 4.21. The molecule has 0 fully saturated rings. The normalized spacial score (nSPS) is 11.0. The minimum atomic E-state index is 0.451. The molecule has 0 atom stereocenters. The van der Waals surface area contributed by atoms with E-state index in [1.807, 2.05) is 24.4 Å². The van der Waals surface area contributed by atoms with Gasteiger partial charge in [-0.15, -0.1) is 0 Å². The third-order valence-electron chi connectivity index (χ3n) is 3.98. The third kappa shape index (κ3) is 2.87. The molecule has 3 rings (SSSR count). The summed E-state index contributed by atoms with van der Waals surface area (Å²) in [4.78, 5) is 4.75. The number of pyridine rings is 1. The maximum Gasteiger partial charge on any atom is 0.160 e. The SMILES string of the molecule is COc1ccc(Cc2nc3cc(C)ccn3c2CN)cc1OC. The molecular formula is C18H21N3O2. The van der Waals surface area contributed by atoms with Gasteiger partial charge >= 0.3 is 0 Å². The summed E-state index contributed by atoms with van der Waals surface area (Å²) >= 11 is 0. The molecule has 5 heteroatoms. The van der Waals surface area contributed by atoms with Crippen LogP contribution in [0.25, 0.3) is 5.65 Å². The van der Waals surface area contributed by atoms with Crippen LogP contribution in [-0.2, 0) is 13.0 Å². The van der Waals surface area contributed by atoms with Gasteiger partial charge in [0, 0.05) is 19.2 Å². The van der Waals surface area contributed by atoms with Crippen molar-refractivity contribution in [1.29, 1.82) is 0 Å². The first-order chi connectivity index (χ1) is 11.2. The summed E-state index contributed by atoms with van der Waals surface area (Å²) in [6, 6.07) is 10.0. The molecule has 120 valence electrons. The number of imidazole rings is 1. The van der Waals surface area contributed by atoms with E-state index in [-0.39, 0.29) is 0 Å². The Labute approximate surface area is 135 Å². The smallest absolute Gasteiger partial charge is 0.160 e. The summed E-state index contributed by atoms with van der Waals surface area (Å²) < 4.78 is 12.7. The maximum atomic E-state index is 5.95. The largest absolute Gasteiger partial charge is 0.493 e. The van der Waals surface area contributed by atoms with E-state index < -0.39 is 0 Å². The molecule has 0 unspecified atom stereocenters. The summed E-state index contributed by atoms with van der Waals surface area (Å²) in [6.45, 7) is 2.51. The van der Waals surface area contributed by atoms with Gasteiger partial charge in [-0.1, -0.05) is 6.07 Å². The van der Waals surface area contributed by atoms with Gasteiger partial charge in [0.15, 0.2) is 11.5 Å². The fourth-order valence-electron chi connectivity index (χ4n) is 2.79. The van der Waals surface area contributed by atoms with E-state index in [0.29, 0.717) is 13.0 Å². The summed E-state index contributed by atoms with van der Waals surface area (Å²) in [5, 5.41) is 0. The molecule has 0 radical (unpaired) electrons. The fourth-order valence-corrected chi connectivity index (χ4v) is 2.79. The molecule has 2 aromatic heterocycles. The second-order valence-electron chi connectivity index (χ2n) is 5.51. The van der Waals surface area contributed by atoms with Crippen LogP contribution in [0.4, 0.5) is 0 Å². The van der Waals surface area contributed by atoms with Crippen LogP contribution in [0.15, 0.2) is 36.5 Å². The standard InChI is InChI=1S/C18H21N3O2/c1-12-6-7-21-15(11-19)14(20-18(21)8-12)9-13-4-5-16(22-2)17(10-13)23-3/h4-8,10H,9,11,19H2,1-3H3. The van der Waals surface area contributed by atoms with E-state index in [1.165, 1.54) is 5.56 Å². The van der Waals surface area contributed by atoms with Gasteiger partial charge < -0.3 is 19.6 Å². The number of hydrogen-bond acceptors (Lipinski definition) is 4. The highest BCUT2D eigenvalue weighted by Gasteiger charge is 2.13. The van der Waals surface area contributed by atoms with Crippen LogP contribution in [0.2, 0.25) is 0 Å². The lowest BCUT2D eigenvalue weighted by Crippen LogP contribution is -2.05. The van der Waals surface area contributed by atoms with Crippen molar-refractivity contribution in [3.05, 3.63) is 59.0 Å². The minimum absolute atomic E-state index is 0.451. The highest BCUT2D eigenvalue weighted by molar-refractivity contribution is 5.48. The van der Waals surface area contributed by atoms with Crippen molar-refractivity contribution in [3.63, 3.8) is 0 Å². The Morgan fingerprint density at radius 1 is 1.09 bits per heavy atom. The number of aromatic nitrogens is 2. The minimum Gasteiger partial charge on any atom is -0.493 e. The second kappa shape index (κ2) is 6.30. The molecule has 0 saturated heterocycles. The molecule has 23 heavy (non-hydrogen) atoms. The first-order valence-electron chi connectivity index (χ1n) is 7.53. The average Bonchev–Trinajstić information content (AvgIpc) is 2.90. The quantitative estimate of drug-likeness (QED) is 0.787. The van der Waals surface area contributed by atoms with Crippen LogP contribution in [0.5, 0.6) is 11.5 Å². The predicted octanol–water partition coefficient (Wildman–Crippen LogP) is 2.71. The number of hydrogen-bond donors (Lipinski definition) is 1. The van der Waals surface area contributed by atoms with E-state index in [4.69, 9.17) is 20.2 Å². The van der Waals surface area contributed by atoms with Crippen molar-refractivity contribution in [3.8, 4) is 11.5 Å². The zero-order valence-electron chi connectivity index (χ0n) is 13.7. The fraction of sp³-hybridized carbons (Fsp3) is 0.278. The van der Waals surface area contributed by atoms with Crippen molar-refractivity contribution in [2.75, 3.05) is 14.2 Å². The van der Waals surface area contributed by atoms with Crippen LogP contribution >= 0.6 is 0 Å². The van der Waals surface area contributed by atoms with Crippen LogP contribution in [-0.4, -0.2) is 23.6 Å². The molecule has 3 aromatic rings. The number of methoxy groups -OCH3 is 2. The molecule has 0 aliphatic carbocycles. The lowest BCUT2D eigenvalue weighted by Gasteiger charge is -2.09. The van der Waals surface area contributed by atoms with Gasteiger partial charge in [-0.25, -0.2) is 4.98 Å². The lowest BCUT2D eigenvalue weighted by molar-refractivity contribution is 0.354. The molecule has 0 saturated carbocycles. The Bertz CT molecular complexity index is 840. The van der Waals surface area contributed by atoms with Crippen LogP contribution in [0.3, 0.4) is 0 Å². The number of aryl methyl sites for hydroxylation is 1. The highest BCUT2D eigenvalue weighted by atomic mass is 16.5. The van der Waals surface area contributed by atoms with Gasteiger partial charge in [0.05, 0.1) is 25.6 Å². The Balaban J connectivity index is 2.01. The van der Waals surface area contributed by atoms with E-state index in [9.17, 15) is 0 Å². The lowest BCUT2D eigenvalue weighted by atomic mass is 10.1. The van der Waals surface area contributed by atoms with E-state index in [2.05, 4.69) is 23.5 Å². The summed E-state index contributed by atoms with van der Waals surface area (Å²) in [6.07, 6.45) is 2.73. The summed E-state index contributed by atoms with van der Waals surface area (Å²) in [5.74, 6) is 1.44. The number of ether oxygens (including phenoxy) is 2. The molecule has 2 heterocycles. The van der Waals surface area contributed by atoms with E-state index in [0.717, 1.165) is 34.1 Å². The van der Waals surface area contributed by atoms with Crippen LogP contribution in [0, 0.1) is 6.92 Å². The molecule has 0 aliphatic rings. The van der Waals surface area contributed by atoms with Gasteiger partial charge in [0.25, 0.3) is 0 Å². The zero-order valence-corrected chi connectivity index (χ0v) is 13.7. The molecule has 2 N–H and O–H groups in total. The Hall–Kier alpha value is -2.53. The van der Waals surface area contributed by atoms with Crippen LogP contribution in [0.1, 0.15) is 22.5 Å². The maximum absolute atomic E-state index is 5.95. The Morgan fingerprint density at radius 3 is 2.57 bits per heavy atom. The number of nitrogens with two attached hydrogens (primary N) is 1. The number of nitrogens with zero attached hydrogens (tertiary/aromatic N) is 2. The zero-order chi connectivity index (χ0) is 16.4. The molecule has 0 aliphatic heterocycles. The first-order valence-corrected chi connectivity index (χ1v) is 7.53. The predicted molar refractivity (Wildman–Crippen MR) is 90.2 cm³/mol. The van der Waals surface area contributed by atoms with Crippen molar-refractivity contribution >= 4 is 5.65 Å². The highest BCUT2D eigenvalue weighted by Crippen LogP contribution is 2.29. The molecule has 0 spiro atoms. The summed E-state index contributed by atoms with van der Waals surface area (Å²) in [5.41, 5.74) is 11.2. The second-order valence-corrected chi connectivity index (χ2v) is 5.51. The van der Waals surface area contributed by atoms with E-state index in [1.54, 1.807) is 14.2 Å². The van der Waals surface area contributed by atoms with Gasteiger partial charge in [0.1, 0.15) is 5.65 Å². The van der Waals surface area contributed by atoms with Gasteiger partial charge in [0.2, 0.25) is 0 Å². The van der Waals surface area contributed by atoms with Crippen LogP contribution < -0.4 is 15.2 Å². The number of rotatable bonds is 5. The molecule has 0 bridgehead atoms. The molecule has 1 aromatic carbocycles. The van der Waals surface area contributed by atoms with Crippen molar-refractivity contribution < 1.29 is 9.47 Å². The Morgan fingerprint density at radius 2 is 1.87 bits per heavy atom. The number of fused-ring (bicyclic) bond motifs is 1. The van der Waals surface area contributed by atoms with Gasteiger partial charge in [-0.3, -0.25) is 0 Å². The molecule has 5 nitrogen and oxygen atoms in total. The topological polar surface area (TPSA) is 61.8 Å². The average molecular weight is 311 g/mol. The van der Waals surface area contributed by atoms with Gasteiger partial charge in [-0.2, -0.15) is 0 Å². The van der Waals surface area contributed by atoms with Crippen molar-refractivity contribution in [2.24, 2.45) is 5.73 Å². The van der Waals surface area contributed by atoms with Crippen molar-refractivity contribution in [1.82, 2.24) is 9.38 Å². The van der Waals surface area contributed by atoms with Crippen molar-refractivity contribution in [2.45, 2.75) is 19.9 Å². The molecule has 0 amide bonds. The number of benzene rings is 1. The monoisotopic (exact) mass is 311 g/mol. The summed E-state index contributed by atoms with van der Waals surface area (Å²) in [7, 11) is 3.27. The first kappa shape index (κ1) is 15.4. The van der Waals surface area contributed by atoms with Gasteiger partial charge in [-0.05, 0) is 42.3 Å². The third-order valence-corrected chi connectivity index (χ3v) is 3.98.